The van der Waals surface area contributed by atoms with E-state index >= 15 is 0 Å². The van der Waals surface area contributed by atoms with Crippen LogP contribution >= 0.6 is 0 Å². The summed E-state index contributed by atoms with van der Waals surface area (Å²) in [4.78, 5) is 24.4. The second kappa shape index (κ2) is 8.45. The fraction of sp³-hybridized carbons (Fsp3) is 0.333. The lowest BCUT2D eigenvalue weighted by molar-refractivity contribution is 0.122. The summed E-state index contributed by atoms with van der Waals surface area (Å²) in [5, 5.41) is 4.42. The maximum Gasteiger partial charge on any atom is 0.261 e. The van der Waals surface area contributed by atoms with Crippen molar-refractivity contribution < 1.29 is 9.26 Å². The van der Waals surface area contributed by atoms with Gasteiger partial charge in [0.1, 0.15) is 5.82 Å². The number of nitrogens with two attached hydrogens (primary N) is 1. The van der Waals surface area contributed by atoms with Crippen LogP contribution in [0.4, 0.5) is 11.8 Å². The molecule has 10 nitrogen and oxygen atoms in total. The van der Waals surface area contributed by atoms with Gasteiger partial charge in [0, 0.05) is 43.4 Å². The van der Waals surface area contributed by atoms with Gasteiger partial charge in [-0.25, -0.2) is 15.0 Å². The Hall–Kier alpha value is -3.92. The van der Waals surface area contributed by atoms with Crippen LogP contribution in [0.25, 0.3) is 22.7 Å². The zero-order chi connectivity index (χ0) is 23.0. The van der Waals surface area contributed by atoms with Crippen LogP contribution in [0, 0.1) is 0 Å². The molecule has 1 aliphatic heterocycles. The van der Waals surface area contributed by atoms with Crippen LogP contribution in [0.15, 0.2) is 53.6 Å². The van der Waals surface area contributed by atoms with Crippen molar-refractivity contribution >= 4 is 11.8 Å². The van der Waals surface area contributed by atoms with Crippen LogP contribution in [0.1, 0.15) is 30.7 Å². The van der Waals surface area contributed by atoms with E-state index in [1.807, 2.05) is 24.4 Å². The molecule has 2 N–H and O–H groups in total. The van der Waals surface area contributed by atoms with E-state index in [9.17, 15) is 0 Å². The Morgan fingerprint density at radius 2 is 1.76 bits per heavy atom. The number of morpholine rings is 1. The number of nitrogen functional groups attached to an aromatic ring is 1. The van der Waals surface area contributed by atoms with Crippen LogP contribution in [-0.2, 0) is 10.2 Å². The molecule has 4 aromatic rings. The van der Waals surface area contributed by atoms with E-state index < -0.39 is 0 Å². The van der Waals surface area contributed by atoms with Crippen LogP contribution in [-0.4, -0.2) is 56.4 Å². The highest BCUT2D eigenvalue weighted by molar-refractivity contribution is 5.70. The number of pyridine rings is 2. The first-order valence-electron chi connectivity index (χ1n) is 11.4. The normalized spacial score (nSPS) is 17.4. The zero-order valence-corrected chi connectivity index (χ0v) is 18.6. The standard InChI is InChI=1S/C24H24N8O2/c25-23-28-13-16(14-29-23)19-5-4-17(15-27-19)24(6-2-7-24)22-30-21(34-31-22)18-3-1-8-26-20(18)32-9-11-33-12-10-32/h1,3-5,8,13-15H,2,6-7,9-12H2,(H2,25,28,29). The Morgan fingerprint density at radius 1 is 0.941 bits per heavy atom. The topological polar surface area (TPSA) is 129 Å². The Bertz CT molecular complexity index is 1280. The molecule has 0 aromatic carbocycles. The second-order valence-electron chi connectivity index (χ2n) is 8.59. The molecule has 0 radical (unpaired) electrons. The highest BCUT2D eigenvalue weighted by Crippen LogP contribution is 2.48. The van der Waals surface area contributed by atoms with Crippen LogP contribution in [0.2, 0.25) is 0 Å². The third kappa shape index (κ3) is 3.56. The van der Waals surface area contributed by atoms with E-state index in [1.54, 1.807) is 18.6 Å². The Balaban J connectivity index is 1.31. The maximum absolute atomic E-state index is 5.78. The van der Waals surface area contributed by atoms with Gasteiger partial charge in [-0.15, -0.1) is 0 Å². The number of rotatable bonds is 5. The minimum atomic E-state index is -0.299. The predicted molar refractivity (Wildman–Crippen MR) is 125 cm³/mol. The van der Waals surface area contributed by atoms with Gasteiger partial charge in [-0.05, 0) is 36.6 Å². The smallest absolute Gasteiger partial charge is 0.261 e. The molecule has 0 amide bonds. The van der Waals surface area contributed by atoms with Gasteiger partial charge in [0.05, 0.1) is 29.9 Å². The summed E-state index contributed by atoms with van der Waals surface area (Å²) in [6.07, 6.45) is 10.0. The van der Waals surface area contributed by atoms with E-state index in [0.29, 0.717) is 24.9 Å². The maximum atomic E-state index is 5.78. The second-order valence-corrected chi connectivity index (χ2v) is 8.59. The average molecular weight is 457 g/mol. The molecule has 0 unspecified atom stereocenters. The number of aromatic nitrogens is 6. The molecule has 0 atom stereocenters. The van der Waals surface area contributed by atoms with Gasteiger partial charge in [0.2, 0.25) is 5.95 Å². The molecular weight excluding hydrogens is 432 g/mol. The SMILES string of the molecule is Nc1ncc(-c2ccc(C3(c4noc(-c5cccnc5N5CCOCC5)n4)CCC3)cn2)cn1. The number of hydrogen-bond acceptors (Lipinski definition) is 10. The van der Waals surface area contributed by atoms with Crippen molar-refractivity contribution in [3.8, 4) is 22.7 Å². The van der Waals surface area contributed by atoms with E-state index in [0.717, 1.165) is 60.6 Å². The highest BCUT2D eigenvalue weighted by atomic mass is 16.5. The van der Waals surface area contributed by atoms with Gasteiger partial charge >= 0.3 is 0 Å². The predicted octanol–water partition coefficient (Wildman–Crippen LogP) is 2.87. The van der Waals surface area contributed by atoms with Crippen molar-refractivity contribution in [1.29, 1.82) is 0 Å². The lowest BCUT2D eigenvalue weighted by atomic mass is 9.64. The van der Waals surface area contributed by atoms with E-state index in [-0.39, 0.29) is 11.4 Å². The minimum absolute atomic E-state index is 0.243. The molecule has 2 fully saturated rings. The molecular formula is C24H24N8O2. The van der Waals surface area contributed by atoms with Crippen LogP contribution < -0.4 is 10.6 Å². The van der Waals surface area contributed by atoms with Crippen LogP contribution in [0.5, 0.6) is 0 Å². The molecule has 172 valence electrons. The molecule has 2 aliphatic rings. The van der Waals surface area contributed by atoms with Gasteiger partial charge < -0.3 is 19.9 Å². The quantitative estimate of drug-likeness (QED) is 0.478. The summed E-state index contributed by atoms with van der Waals surface area (Å²) in [5.74, 6) is 2.27. The van der Waals surface area contributed by atoms with Crippen molar-refractivity contribution in [2.75, 3.05) is 36.9 Å². The van der Waals surface area contributed by atoms with Gasteiger partial charge in [0.15, 0.2) is 5.82 Å². The molecule has 10 heteroatoms. The molecule has 0 bridgehead atoms. The number of hydrogen-bond donors (Lipinski definition) is 1. The number of nitrogens with zero attached hydrogens (tertiary/aromatic N) is 7. The summed E-state index contributed by atoms with van der Waals surface area (Å²) in [6.45, 7) is 2.93. The third-order valence-electron chi connectivity index (χ3n) is 6.67. The summed E-state index contributed by atoms with van der Waals surface area (Å²) in [7, 11) is 0. The van der Waals surface area contributed by atoms with E-state index in [2.05, 4.69) is 36.1 Å². The first-order chi connectivity index (χ1) is 16.7. The monoisotopic (exact) mass is 456 g/mol. The summed E-state index contributed by atoms with van der Waals surface area (Å²) in [5.41, 5.74) is 8.82. The number of anilines is 2. The minimum Gasteiger partial charge on any atom is -0.378 e. The highest BCUT2D eigenvalue weighted by Gasteiger charge is 2.45. The largest absolute Gasteiger partial charge is 0.378 e. The summed E-state index contributed by atoms with van der Waals surface area (Å²) < 4.78 is 11.3. The number of ether oxygens (including phenoxy) is 1. The van der Waals surface area contributed by atoms with E-state index in [1.165, 1.54) is 0 Å². The van der Waals surface area contributed by atoms with Crippen molar-refractivity contribution in [2.45, 2.75) is 24.7 Å². The van der Waals surface area contributed by atoms with Gasteiger partial charge in [0.25, 0.3) is 5.89 Å². The zero-order valence-electron chi connectivity index (χ0n) is 18.6. The molecule has 0 spiro atoms. The first kappa shape index (κ1) is 20.7. The summed E-state index contributed by atoms with van der Waals surface area (Å²) >= 11 is 0. The van der Waals surface area contributed by atoms with Crippen molar-refractivity contribution in [1.82, 2.24) is 30.1 Å². The molecule has 1 saturated carbocycles. The lowest BCUT2D eigenvalue weighted by Crippen LogP contribution is -2.37. The van der Waals surface area contributed by atoms with Gasteiger partial charge in [-0.1, -0.05) is 17.6 Å². The van der Waals surface area contributed by atoms with Crippen molar-refractivity contribution in [2.24, 2.45) is 0 Å². The Labute approximate surface area is 196 Å². The fourth-order valence-electron chi connectivity index (χ4n) is 4.61. The Kier molecular flexibility index (Phi) is 5.14. The average Bonchev–Trinajstić information content (AvgIpc) is 3.35. The molecule has 6 rings (SSSR count). The molecule has 4 aromatic heterocycles. The molecule has 1 aliphatic carbocycles. The molecule has 34 heavy (non-hydrogen) atoms. The fourth-order valence-corrected chi connectivity index (χ4v) is 4.61. The van der Waals surface area contributed by atoms with Crippen molar-refractivity contribution in [3.63, 3.8) is 0 Å². The summed E-state index contributed by atoms with van der Waals surface area (Å²) in [6, 6.07) is 7.93. The van der Waals surface area contributed by atoms with E-state index in [4.69, 9.17) is 20.0 Å². The lowest BCUT2D eigenvalue weighted by Gasteiger charge is -2.39. The Morgan fingerprint density at radius 3 is 2.47 bits per heavy atom. The molecule has 1 saturated heterocycles. The van der Waals surface area contributed by atoms with Crippen molar-refractivity contribution in [3.05, 3.63) is 60.4 Å². The van der Waals surface area contributed by atoms with Crippen LogP contribution in [0.3, 0.4) is 0 Å². The van der Waals surface area contributed by atoms with Gasteiger partial charge in [-0.3, -0.25) is 4.98 Å². The van der Waals surface area contributed by atoms with Gasteiger partial charge in [-0.2, -0.15) is 4.98 Å². The third-order valence-corrected chi connectivity index (χ3v) is 6.67. The molecule has 5 heterocycles. The first-order valence-corrected chi connectivity index (χ1v) is 11.4.